The van der Waals surface area contributed by atoms with Gasteiger partial charge >= 0.3 is 0 Å². The molecule has 2 heterocycles. The van der Waals surface area contributed by atoms with Crippen molar-refractivity contribution in [2.45, 2.75) is 22.2 Å². The monoisotopic (exact) mass is 178 g/mol. The van der Waals surface area contributed by atoms with Crippen LogP contribution in [0, 0.1) is 0 Å². The molecule has 2 aliphatic heterocycles. The number of hydrogen-bond donors (Lipinski definition) is 1. The van der Waals surface area contributed by atoms with Crippen molar-refractivity contribution in [2.75, 3.05) is 11.5 Å². The van der Waals surface area contributed by atoms with Crippen molar-refractivity contribution < 1.29 is 0 Å². The molecule has 52 valence electrons. The SMILES string of the molecule is SC1(C2CCS2)CCS1. The molecule has 2 rings (SSSR count). The largest absolute Gasteiger partial charge is 0.160 e. The van der Waals surface area contributed by atoms with Crippen molar-refractivity contribution >= 4 is 36.2 Å². The van der Waals surface area contributed by atoms with Crippen molar-refractivity contribution in [1.82, 2.24) is 0 Å². The molecule has 0 N–H and O–H groups in total. The van der Waals surface area contributed by atoms with Crippen LogP contribution in [0.5, 0.6) is 0 Å². The lowest BCUT2D eigenvalue weighted by atomic mass is 10.1. The zero-order valence-corrected chi connectivity index (χ0v) is 7.70. The van der Waals surface area contributed by atoms with Crippen LogP contribution in [0.2, 0.25) is 0 Å². The molecule has 0 spiro atoms. The highest BCUT2D eigenvalue weighted by Crippen LogP contribution is 2.54. The fourth-order valence-corrected chi connectivity index (χ4v) is 4.24. The third kappa shape index (κ3) is 1.02. The summed E-state index contributed by atoms with van der Waals surface area (Å²) in [6, 6.07) is 0. The third-order valence-electron chi connectivity index (χ3n) is 2.01. The summed E-state index contributed by atoms with van der Waals surface area (Å²) in [5.74, 6) is 2.70. The summed E-state index contributed by atoms with van der Waals surface area (Å²) in [4.78, 5) is 0. The van der Waals surface area contributed by atoms with Gasteiger partial charge < -0.3 is 0 Å². The second kappa shape index (κ2) is 2.28. The molecule has 0 nitrogen and oxygen atoms in total. The fourth-order valence-electron chi connectivity index (χ4n) is 1.16. The van der Waals surface area contributed by atoms with E-state index in [1.807, 2.05) is 11.8 Å². The van der Waals surface area contributed by atoms with Gasteiger partial charge in [-0.3, -0.25) is 0 Å². The molecule has 0 aromatic rings. The molecule has 0 bridgehead atoms. The highest BCUT2D eigenvalue weighted by Gasteiger charge is 2.44. The first-order valence-corrected chi connectivity index (χ1v) is 5.77. The van der Waals surface area contributed by atoms with Crippen molar-refractivity contribution in [3.05, 3.63) is 0 Å². The quantitative estimate of drug-likeness (QED) is 0.612. The van der Waals surface area contributed by atoms with Crippen LogP contribution in [0.3, 0.4) is 0 Å². The van der Waals surface area contributed by atoms with E-state index in [9.17, 15) is 0 Å². The molecule has 2 unspecified atom stereocenters. The molecule has 0 aromatic carbocycles. The lowest BCUT2D eigenvalue weighted by molar-refractivity contribution is 0.648. The Morgan fingerprint density at radius 2 is 2.11 bits per heavy atom. The predicted molar refractivity (Wildman–Crippen MR) is 49.7 cm³/mol. The summed E-state index contributed by atoms with van der Waals surface area (Å²) < 4.78 is 0.392. The smallest absolute Gasteiger partial charge is 0.0707 e. The number of hydrogen-bond acceptors (Lipinski definition) is 3. The zero-order valence-electron chi connectivity index (χ0n) is 5.17. The zero-order chi connectivity index (χ0) is 6.32. The van der Waals surface area contributed by atoms with E-state index in [4.69, 9.17) is 0 Å². The lowest BCUT2D eigenvalue weighted by Gasteiger charge is -2.46. The number of rotatable bonds is 1. The Morgan fingerprint density at radius 3 is 2.22 bits per heavy atom. The summed E-state index contributed by atoms with van der Waals surface area (Å²) >= 11 is 8.77. The van der Waals surface area contributed by atoms with Crippen LogP contribution in [-0.2, 0) is 0 Å². The molecule has 2 saturated heterocycles. The van der Waals surface area contributed by atoms with E-state index in [0.29, 0.717) is 4.08 Å². The minimum Gasteiger partial charge on any atom is -0.160 e. The van der Waals surface area contributed by atoms with E-state index in [2.05, 4.69) is 24.4 Å². The molecule has 0 aromatic heterocycles. The summed E-state index contributed by atoms with van der Waals surface area (Å²) in [7, 11) is 0. The Balaban J connectivity index is 1.94. The summed E-state index contributed by atoms with van der Waals surface area (Å²) in [6.45, 7) is 0. The second-order valence-corrected chi connectivity index (χ2v) is 6.43. The van der Waals surface area contributed by atoms with E-state index >= 15 is 0 Å². The maximum atomic E-state index is 4.64. The molecular formula is C6H10S3. The van der Waals surface area contributed by atoms with Crippen LogP contribution >= 0.6 is 36.2 Å². The highest BCUT2D eigenvalue weighted by atomic mass is 32.2. The van der Waals surface area contributed by atoms with E-state index in [1.165, 1.54) is 24.3 Å². The van der Waals surface area contributed by atoms with Crippen molar-refractivity contribution in [3.8, 4) is 0 Å². The topological polar surface area (TPSA) is 0 Å². The van der Waals surface area contributed by atoms with Crippen molar-refractivity contribution in [2.24, 2.45) is 0 Å². The van der Waals surface area contributed by atoms with Crippen LogP contribution in [0.25, 0.3) is 0 Å². The molecule has 0 radical (unpaired) electrons. The number of thioether (sulfide) groups is 2. The molecular weight excluding hydrogens is 168 g/mol. The van der Waals surface area contributed by atoms with Crippen molar-refractivity contribution in [3.63, 3.8) is 0 Å². The van der Waals surface area contributed by atoms with Gasteiger partial charge in [0.2, 0.25) is 0 Å². The summed E-state index contributed by atoms with van der Waals surface area (Å²) in [6.07, 6.45) is 2.74. The van der Waals surface area contributed by atoms with E-state index in [-0.39, 0.29) is 0 Å². The average molecular weight is 178 g/mol. The second-order valence-electron chi connectivity index (χ2n) is 2.59. The fraction of sp³-hybridized carbons (Fsp3) is 1.00. The van der Waals surface area contributed by atoms with E-state index in [1.54, 1.807) is 0 Å². The average Bonchev–Trinajstić information content (AvgIpc) is 1.56. The van der Waals surface area contributed by atoms with E-state index in [0.717, 1.165) is 5.25 Å². The first-order chi connectivity index (χ1) is 4.31. The molecule has 2 fully saturated rings. The molecule has 0 saturated carbocycles. The number of thiol groups is 1. The van der Waals surface area contributed by atoms with Crippen LogP contribution in [0.15, 0.2) is 0 Å². The Kier molecular flexibility index (Phi) is 1.71. The Bertz CT molecular complexity index is 115. The van der Waals surface area contributed by atoms with Gasteiger partial charge in [0.05, 0.1) is 4.08 Å². The van der Waals surface area contributed by atoms with Gasteiger partial charge in [0.25, 0.3) is 0 Å². The predicted octanol–water partition coefficient (Wildman–Crippen LogP) is 2.25. The van der Waals surface area contributed by atoms with Gasteiger partial charge in [-0.25, -0.2) is 0 Å². The Labute approximate surface area is 70.0 Å². The van der Waals surface area contributed by atoms with Crippen LogP contribution < -0.4 is 0 Å². The van der Waals surface area contributed by atoms with Crippen LogP contribution in [-0.4, -0.2) is 20.8 Å². The van der Waals surface area contributed by atoms with Crippen LogP contribution in [0.1, 0.15) is 12.8 Å². The highest BCUT2D eigenvalue weighted by molar-refractivity contribution is 8.15. The lowest BCUT2D eigenvalue weighted by Crippen LogP contribution is -2.43. The van der Waals surface area contributed by atoms with Gasteiger partial charge in [0, 0.05) is 5.25 Å². The van der Waals surface area contributed by atoms with Gasteiger partial charge in [-0.05, 0) is 24.3 Å². The molecule has 3 heteroatoms. The summed E-state index contributed by atoms with van der Waals surface area (Å²) in [5.41, 5.74) is 0. The minimum atomic E-state index is 0.392. The Hall–Kier alpha value is 1.05. The van der Waals surface area contributed by atoms with E-state index < -0.39 is 0 Å². The Morgan fingerprint density at radius 1 is 1.44 bits per heavy atom. The molecule has 0 amide bonds. The standard InChI is InChI=1S/C6H10S3/c7-6(2-4-9-6)5-1-3-8-5/h5,7H,1-4H2. The van der Waals surface area contributed by atoms with Gasteiger partial charge in [-0.15, -0.1) is 11.8 Å². The third-order valence-corrected chi connectivity index (χ3v) is 6.17. The van der Waals surface area contributed by atoms with Gasteiger partial charge in [-0.1, -0.05) is 0 Å². The first-order valence-electron chi connectivity index (χ1n) is 3.29. The molecule has 9 heavy (non-hydrogen) atoms. The molecule has 0 aliphatic carbocycles. The first kappa shape index (κ1) is 6.74. The van der Waals surface area contributed by atoms with Gasteiger partial charge in [0.15, 0.2) is 0 Å². The normalized spacial score (nSPS) is 49.7. The maximum absolute atomic E-state index is 4.64. The van der Waals surface area contributed by atoms with Crippen LogP contribution in [0.4, 0.5) is 0 Å². The van der Waals surface area contributed by atoms with Gasteiger partial charge in [0.1, 0.15) is 0 Å². The maximum Gasteiger partial charge on any atom is 0.0707 e. The minimum absolute atomic E-state index is 0.392. The van der Waals surface area contributed by atoms with Crippen molar-refractivity contribution in [1.29, 1.82) is 0 Å². The molecule has 2 atom stereocenters. The molecule has 2 aliphatic rings. The van der Waals surface area contributed by atoms with Gasteiger partial charge in [-0.2, -0.15) is 24.4 Å². The summed E-state index contributed by atoms with van der Waals surface area (Å²) in [5, 5.41) is 0.875.